The van der Waals surface area contributed by atoms with Crippen LogP contribution in [0.5, 0.6) is 5.75 Å². The van der Waals surface area contributed by atoms with Gasteiger partial charge in [-0.15, -0.1) is 5.10 Å². The van der Waals surface area contributed by atoms with Gasteiger partial charge in [0.1, 0.15) is 35.8 Å². The summed E-state index contributed by atoms with van der Waals surface area (Å²) in [5.41, 5.74) is -3.79. The first kappa shape index (κ1) is 61.9. The molecule has 3 fully saturated rings. The highest BCUT2D eigenvalue weighted by Gasteiger charge is 2.53. The minimum Gasteiger partial charge on any atom is -0.494 e. The maximum atomic E-state index is 14.5. The maximum absolute atomic E-state index is 14.5. The summed E-state index contributed by atoms with van der Waals surface area (Å²) in [6, 6.07) is 5.46. The fourth-order valence-corrected chi connectivity index (χ4v) is 12.6. The van der Waals surface area contributed by atoms with Gasteiger partial charge in [0.25, 0.3) is 0 Å². The van der Waals surface area contributed by atoms with Gasteiger partial charge in [0.05, 0.1) is 64.5 Å². The molecule has 2 aromatic rings. The van der Waals surface area contributed by atoms with Crippen LogP contribution in [0.1, 0.15) is 120 Å². The number of hydrogen-bond donors (Lipinski definition) is 5. The Morgan fingerprint density at radius 3 is 2.26 bits per heavy atom. The highest BCUT2D eigenvalue weighted by molar-refractivity contribution is 7.91. The van der Waals surface area contributed by atoms with E-state index in [1.54, 1.807) is 70.5 Å². The van der Waals surface area contributed by atoms with E-state index in [2.05, 4.69) is 10.3 Å². The Kier molecular flexibility index (Phi) is 21.9. The second-order valence-corrected chi connectivity index (χ2v) is 24.5. The van der Waals surface area contributed by atoms with Crippen molar-refractivity contribution in [1.82, 2.24) is 24.8 Å². The molecule has 1 aromatic heterocycles. The Bertz CT molecular complexity index is 2170. The molecule has 5 rings (SSSR count). The van der Waals surface area contributed by atoms with Crippen LogP contribution in [0.25, 0.3) is 0 Å². The molecule has 3 aliphatic heterocycles. The molecule has 5 N–H and O–H groups in total. The van der Waals surface area contributed by atoms with Crippen LogP contribution in [0.15, 0.2) is 35.4 Å². The van der Waals surface area contributed by atoms with Crippen LogP contribution in [0, 0.1) is 17.8 Å². The number of likely N-dealkylation sites (N-methyl/N-ethyl adjacent to an activating group) is 2. The van der Waals surface area contributed by atoms with Gasteiger partial charge < -0.3 is 68.5 Å². The molecule has 0 spiro atoms. The van der Waals surface area contributed by atoms with Gasteiger partial charge in [-0.25, -0.2) is 8.42 Å². The first-order chi connectivity index (χ1) is 34.6. The number of benzene rings is 1. The summed E-state index contributed by atoms with van der Waals surface area (Å²) in [6.45, 7) is 21.2. The van der Waals surface area contributed by atoms with Gasteiger partial charge in [0.15, 0.2) is 22.4 Å². The molecule has 0 unspecified atom stereocenters. The molecule has 21 heteroatoms. The van der Waals surface area contributed by atoms with Crippen LogP contribution in [0.3, 0.4) is 0 Å². The number of ether oxygens (including phenoxy) is 7. The minimum absolute atomic E-state index is 0.0934. The molecule has 1 aromatic carbocycles. The predicted octanol–water partition coefficient (Wildman–Crippen LogP) is 3.76. The third kappa shape index (κ3) is 15.2. The smallest absolute Gasteiger partial charge is 0.311 e. The molecule has 0 aliphatic carbocycles. The van der Waals surface area contributed by atoms with E-state index in [9.17, 15) is 38.7 Å². The molecule has 0 amide bonds. The van der Waals surface area contributed by atoms with Gasteiger partial charge in [-0.3, -0.25) is 9.48 Å². The predicted molar refractivity (Wildman–Crippen MR) is 276 cm³/mol. The van der Waals surface area contributed by atoms with Gasteiger partial charge in [-0.1, -0.05) is 32.9 Å². The van der Waals surface area contributed by atoms with Crippen LogP contribution >= 0.6 is 0 Å². The topological polar surface area (TPSA) is 254 Å². The van der Waals surface area contributed by atoms with Crippen molar-refractivity contribution in [2.45, 2.75) is 223 Å². The van der Waals surface area contributed by atoms with Gasteiger partial charge in [-0.2, -0.15) is 0 Å². The summed E-state index contributed by atoms with van der Waals surface area (Å²) in [5, 5.41) is 68.4. The Labute approximate surface area is 440 Å². The highest BCUT2D eigenvalue weighted by atomic mass is 32.2. The second kappa shape index (κ2) is 26.2. The van der Waals surface area contributed by atoms with Crippen molar-refractivity contribution in [1.29, 1.82) is 0 Å². The standard InChI is InChI=1S/C53H91N5O15S/c1-15-26-74(65,66)40-20-18-39(19-21-40)68-25-17-23-58-31-38(54-55-58)22-24-56(12)41-27-33(4)69-50(44(41)59)73-48-34(5)45(72-43-29-52(10,67-14)47(61)37(8)70-43)35(6)49(62)71-42(16-2)53(11,64)46(60)36(7)57(13)30-32(3)28-51(48,9)63/h18-21,31-37,41-48,50,59-61,63-64H,15-17,22-30H2,1-14H3/t32-,33-,34+,35-,36-,37+,41+,42-,43+,44-,45+,46-,47+,48-,50+,51-,52-,53-/m1/s1. The number of nitrogens with zero attached hydrogens (tertiary/aromatic N) is 5. The van der Waals surface area contributed by atoms with Crippen LogP contribution in [-0.4, -0.2) is 202 Å². The molecule has 0 radical (unpaired) electrons. The van der Waals surface area contributed by atoms with E-state index in [1.165, 1.54) is 14.0 Å². The average molecular weight is 1070 g/mol. The highest BCUT2D eigenvalue weighted by Crippen LogP contribution is 2.40. The number of aromatic nitrogens is 3. The lowest BCUT2D eigenvalue weighted by molar-refractivity contribution is -0.318. The van der Waals surface area contributed by atoms with Gasteiger partial charge in [0.2, 0.25) is 0 Å². The zero-order valence-corrected chi connectivity index (χ0v) is 47.3. The molecule has 20 nitrogen and oxygen atoms in total. The Balaban J connectivity index is 1.35. The zero-order chi connectivity index (χ0) is 55.1. The number of hydrogen-bond acceptors (Lipinski definition) is 19. The summed E-state index contributed by atoms with van der Waals surface area (Å²) < 4.78 is 70.6. The molecule has 0 bridgehead atoms. The lowest BCUT2D eigenvalue weighted by Gasteiger charge is -2.49. The number of methoxy groups -OCH3 is 1. The number of aliphatic hydroxyl groups excluding tert-OH is 3. The molecule has 4 heterocycles. The summed E-state index contributed by atoms with van der Waals surface area (Å²) in [7, 11) is 1.95. The van der Waals surface area contributed by atoms with E-state index in [0.29, 0.717) is 57.7 Å². The molecule has 3 aliphatic rings. The van der Waals surface area contributed by atoms with Crippen LogP contribution in [0.2, 0.25) is 0 Å². The Morgan fingerprint density at radius 2 is 1.62 bits per heavy atom. The SMILES string of the molecule is CCCS(=O)(=O)c1ccc(OCCCn2cc(CCN(C)[C@H]3C[C@@H](C)O[C@@H](O[C@@H]4[C@@H](C)[C@H](O[C@H]5C[C@@](C)(OC)[C@@H](O)[C@H](C)O5)[C@@H](C)C(=O)O[C@H](CC)[C@@](C)(O)[C@H](O)[C@@H](C)N(C)C[C@H](C)C[C@@]4(C)O)[C@@H]3O)nn2)cc1. The van der Waals surface area contributed by atoms with Gasteiger partial charge in [0, 0.05) is 70.2 Å². The van der Waals surface area contributed by atoms with Crippen molar-refractivity contribution >= 4 is 15.8 Å². The van der Waals surface area contributed by atoms with Crippen molar-refractivity contribution in [2.24, 2.45) is 17.8 Å². The van der Waals surface area contributed by atoms with Crippen LogP contribution < -0.4 is 4.74 Å². The lowest BCUT2D eigenvalue weighted by atomic mass is 9.77. The van der Waals surface area contributed by atoms with Gasteiger partial charge in [-0.05, 0) is 118 Å². The van der Waals surface area contributed by atoms with E-state index in [0.717, 1.165) is 5.69 Å². The number of esters is 1. The van der Waals surface area contributed by atoms with E-state index in [4.69, 9.17) is 33.2 Å². The third-order valence-corrected chi connectivity index (χ3v) is 17.8. The summed E-state index contributed by atoms with van der Waals surface area (Å²) in [5.74, 6) is -2.14. The zero-order valence-electron chi connectivity index (χ0n) is 46.5. The number of sulfone groups is 1. The van der Waals surface area contributed by atoms with Crippen molar-refractivity contribution in [3.8, 4) is 5.75 Å². The minimum atomic E-state index is -3.30. The van der Waals surface area contributed by atoms with Crippen molar-refractivity contribution in [3.63, 3.8) is 0 Å². The van der Waals surface area contributed by atoms with Crippen molar-refractivity contribution in [3.05, 3.63) is 36.2 Å². The molecule has 0 saturated carbocycles. The average Bonchev–Trinajstić information content (AvgIpc) is 3.80. The van der Waals surface area contributed by atoms with Crippen molar-refractivity contribution in [2.75, 3.05) is 46.7 Å². The molecule has 3 saturated heterocycles. The van der Waals surface area contributed by atoms with E-state index < -0.39 is 112 Å². The molecule has 424 valence electrons. The maximum Gasteiger partial charge on any atom is 0.311 e. The number of aliphatic hydroxyl groups is 5. The summed E-state index contributed by atoms with van der Waals surface area (Å²) in [4.78, 5) is 18.7. The van der Waals surface area contributed by atoms with E-state index in [-0.39, 0.29) is 41.9 Å². The number of carbonyl (C=O) groups is 1. The number of rotatable bonds is 18. The number of cyclic esters (lactones) is 1. The fourth-order valence-electron chi connectivity index (χ4n) is 11.2. The van der Waals surface area contributed by atoms with Crippen LogP contribution in [0.4, 0.5) is 0 Å². The van der Waals surface area contributed by atoms with E-state index >= 15 is 0 Å². The fraction of sp³-hybridized carbons (Fsp3) is 0.830. The largest absolute Gasteiger partial charge is 0.494 e. The Morgan fingerprint density at radius 1 is 0.946 bits per heavy atom. The number of carbonyl (C=O) groups excluding carboxylic acids is 1. The van der Waals surface area contributed by atoms with E-state index in [1.807, 2.05) is 57.8 Å². The van der Waals surface area contributed by atoms with Gasteiger partial charge >= 0.3 is 5.97 Å². The lowest BCUT2D eigenvalue weighted by Crippen LogP contribution is -2.61. The molecule has 18 atom stereocenters. The quantitative estimate of drug-likeness (QED) is 0.105. The number of aryl methyl sites for hydroxylation is 1. The summed E-state index contributed by atoms with van der Waals surface area (Å²) >= 11 is 0. The second-order valence-electron chi connectivity index (χ2n) is 22.4. The van der Waals surface area contributed by atoms with Crippen LogP contribution in [-0.2, 0) is 56.0 Å². The normalized spacial score (nSPS) is 38.5. The monoisotopic (exact) mass is 1070 g/mol. The Hall–Kier alpha value is -2.90. The molecule has 74 heavy (non-hydrogen) atoms. The molecular formula is C53H91N5O15S. The van der Waals surface area contributed by atoms with Crippen molar-refractivity contribution < 1.29 is 71.9 Å². The first-order valence-corrected chi connectivity index (χ1v) is 28.4. The molecular weight excluding hydrogens is 979 g/mol. The third-order valence-electron chi connectivity index (χ3n) is 15.9. The summed E-state index contributed by atoms with van der Waals surface area (Å²) in [6.07, 6.45) is -5.59. The first-order valence-electron chi connectivity index (χ1n) is 26.7.